The molecule has 0 saturated carbocycles. The van der Waals surface area contributed by atoms with Gasteiger partial charge in [-0.25, -0.2) is 0 Å². The lowest BCUT2D eigenvalue weighted by Crippen LogP contribution is -2.40. The summed E-state index contributed by atoms with van der Waals surface area (Å²) in [5.41, 5.74) is 4.73. The van der Waals surface area contributed by atoms with Crippen molar-refractivity contribution in [2.45, 2.75) is 63.8 Å². The molecular formula is C31H33NO4. The van der Waals surface area contributed by atoms with Crippen molar-refractivity contribution in [2.24, 2.45) is 0 Å². The van der Waals surface area contributed by atoms with Gasteiger partial charge in [0.15, 0.2) is 0 Å². The van der Waals surface area contributed by atoms with Crippen LogP contribution < -0.4 is 9.47 Å². The molecule has 3 aromatic carbocycles. The second kappa shape index (κ2) is 9.21. The van der Waals surface area contributed by atoms with E-state index < -0.39 is 0 Å². The van der Waals surface area contributed by atoms with Gasteiger partial charge < -0.3 is 19.7 Å². The van der Waals surface area contributed by atoms with Gasteiger partial charge in [0.1, 0.15) is 35.7 Å². The summed E-state index contributed by atoms with van der Waals surface area (Å²) in [5, 5.41) is 20.2. The van der Waals surface area contributed by atoms with E-state index in [0.717, 1.165) is 51.4 Å². The molecule has 0 amide bonds. The third-order valence-corrected chi connectivity index (χ3v) is 8.13. The monoisotopic (exact) mass is 483 g/mol. The van der Waals surface area contributed by atoms with E-state index in [-0.39, 0.29) is 17.6 Å². The third-order valence-electron chi connectivity index (χ3n) is 8.13. The van der Waals surface area contributed by atoms with E-state index in [1.807, 2.05) is 37.3 Å². The lowest BCUT2D eigenvalue weighted by molar-refractivity contribution is 0.131. The number of aromatic hydroxyl groups is 2. The summed E-state index contributed by atoms with van der Waals surface area (Å²) in [6, 6.07) is 22.5. The lowest BCUT2D eigenvalue weighted by atomic mass is 9.86. The van der Waals surface area contributed by atoms with Crippen LogP contribution in [0.2, 0.25) is 0 Å². The van der Waals surface area contributed by atoms with E-state index in [1.54, 1.807) is 24.3 Å². The Balaban J connectivity index is 1.26. The molecule has 0 spiro atoms. The smallest absolute Gasteiger partial charge is 0.150 e. The van der Waals surface area contributed by atoms with Gasteiger partial charge >= 0.3 is 0 Å². The van der Waals surface area contributed by atoms with Gasteiger partial charge in [0.05, 0.1) is 0 Å². The Labute approximate surface area is 212 Å². The number of phenolic OH excluding ortho intramolecular Hbond substituents is 2. The highest BCUT2D eigenvalue weighted by molar-refractivity contribution is 5.95. The van der Waals surface area contributed by atoms with Gasteiger partial charge in [0, 0.05) is 29.3 Å². The van der Waals surface area contributed by atoms with Gasteiger partial charge in [0.25, 0.3) is 0 Å². The van der Waals surface area contributed by atoms with Gasteiger partial charge in [-0.3, -0.25) is 4.90 Å². The zero-order valence-corrected chi connectivity index (χ0v) is 20.9. The molecule has 0 aromatic heterocycles. The molecule has 2 saturated heterocycles. The average molecular weight is 484 g/mol. The molecule has 6 rings (SSSR count). The molecular weight excluding hydrogens is 450 g/mol. The minimum Gasteiger partial charge on any atom is -0.508 e. The highest BCUT2D eigenvalue weighted by atomic mass is 16.5. The number of ether oxygens (including phenoxy) is 2. The largest absolute Gasteiger partial charge is 0.508 e. The number of fused-ring (bicyclic) bond motifs is 3. The topological polar surface area (TPSA) is 62.2 Å². The second-order valence-electron chi connectivity index (χ2n) is 10.4. The minimum atomic E-state index is -0.350. The Morgan fingerprint density at radius 2 is 1.61 bits per heavy atom. The first-order valence-corrected chi connectivity index (χ1v) is 13.0. The molecule has 186 valence electrons. The Morgan fingerprint density at radius 1 is 0.917 bits per heavy atom. The zero-order chi connectivity index (χ0) is 24.8. The van der Waals surface area contributed by atoms with E-state index in [2.05, 4.69) is 24.0 Å². The Bertz CT molecular complexity index is 1280. The maximum atomic E-state index is 10.2. The summed E-state index contributed by atoms with van der Waals surface area (Å²) in [4.78, 5) is 2.68. The van der Waals surface area contributed by atoms with Crippen LogP contribution in [0.1, 0.15) is 62.3 Å². The molecule has 2 atom stereocenters. The highest BCUT2D eigenvalue weighted by Crippen LogP contribution is 2.47. The standard InChI is InChI=1S/C31H33NO4/c1-19(32-23-8-9-24(32)11-10-23)18-35-27-13-6-21(7-14-27)31-30(22-4-3-5-25(33)16-22)20(2)28-17-26(34)12-15-29(28)36-31/h3-7,12-17,19,23-24,31,33-34H,8-11,18H2,1-2H3. The first kappa shape index (κ1) is 23.0. The van der Waals surface area contributed by atoms with Crippen LogP contribution in [-0.2, 0) is 0 Å². The van der Waals surface area contributed by atoms with E-state index >= 15 is 0 Å². The SMILES string of the molecule is CC1=C(c2cccc(O)c2)C(c2ccc(OCC(C)N3C4CCC3CC4)cc2)Oc2ccc(O)cc21. The summed E-state index contributed by atoms with van der Waals surface area (Å²) in [6.07, 6.45) is 4.99. The van der Waals surface area contributed by atoms with E-state index in [9.17, 15) is 10.2 Å². The van der Waals surface area contributed by atoms with Gasteiger partial charge in [-0.15, -0.1) is 0 Å². The summed E-state index contributed by atoms with van der Waals surface area (Å²) in [6.45, 7) is 5.01. The Hall–Kier alpha value is -3.44. The molecule has 0 aliphatic carbocycles. The van der Waals surface area contributed by atoms with E-state index in [0.29, 0.717) is 12.6 Å². The van der Waals surface area contributed by atoms with Crippen LogP contribution in [0.4, 0.5) is 0 Å². The molecule has 5 heteroatoms. The van der Waals surface area contributed by atoms with Gasteiger partial charge in [-0.2, -0.15) is 0 Å². The van der Waals surface area contributed by atoms with E-state index in [4.69, 9.17) is 9.47 Å². The van der Waals surface area contributed by atoms with Crippen molar-refractivity contribution < 1.29 is 19.7 Å². The molecule has 2 N–H and O–H groups in total. The minimum absolute atomic E-state index is 0.197. The van der Waals surface area contributed by atoms with Crippen LogP contribution in [-0.4, -0.2) is 39.8 Å². The lowest BCUT2D eigenvalue weighted by Gasteiger charge is -2.31. The summed E-state index contributed by atoms with van der Waals surface area (Å²) < 4.78 is 12.7. The molecule has 2 unspecified atom stereocenters. The Kier molecular flexibility index (Phi) is 5.88. The zero-order valence-electron chi connectivity index (χ0n) is 20.9. The first-order chi connectivity index (χ1) is 17.5. The molecule has 0 radical (unpaired) electrons. The number of rotatable bonds is 6. The number of benzene rings is 3. The van der Waals surface area contributed by atoms with Crippen LogP contribution in [0.15, 0.2) is 66.7 Å². The van der Waals surface area contributed by atoms with Crippen molar-refractivity contribution in [1.29, 1.82) is 0 Å². The van der Waals surface area contributed by atoms with Gasteiger partial charge in [0.2, 0.25) is 0 Å². The molecule has 36 heavy (non-hydrogen) atoms. The normalized spacial score (nSPS) is 23.9. The quantitative estimate of drug-likeness (QED) is 0.416. The highest BCUT2D eigenvalue weighted by Gasteiger charge is 2.41. The number of phenols is 2. The second-order valence-corrected chi connectivity index (χ2v) is 10.4. The van der Waals surface area contributed by atoms with Crippen molar-refractivity contribution in [3.8, 4) is 23.0 Å². The van der Waals surface area contributed by atoms with E-state index in [1.165, 1.54) is 25.7 Å². The predicted octanol–water partition coefficient (Wildman–Crippen LogP) is 6.56. The van der Waals surface area contributed by atoms with Crippen molar-refractivity contribution in [3.05, 3.63) is 83.4 Å². The summed E-state index contributed by atoms with van der Waals surface area (Å²) in [5.74, 6) is 1.99. The van der Waals surface area contributed by atoms with Crippen molar-refractivity contribution >= 4 is 11.1 Å². The van der Waals surface area contributed by atoms with Crippen LogP contribution in [0.5, 0.6) is 23.0 Å². The fourth-order valence-electron chi connectivity index (χ4n) is 6.43. The molecule has 2 fully saturated rings. The number of hydrogen-bond acceptors (Lipinski definition) is 5. The summed E-state index contributed by atoms with van der Waals surface area (Å²) >= 11 is 0. The number of allylic oxidation sites excluding steroid dienone is 1. The van der Waals surface area contributed by atoms with Crippen LogP contribution >= 0.6 is 0 Å². The summed E-state index contributed by atoms with van der Waals surface area (Å²) in [7, 11) is 0. The fraction of sp³-hybridized carbons (Fsp3) is 0.355. The Morgan fingerprint density at radius 3 is 2.31 bits per heavy atom. The molecule has 3 aromatic rings. The maximum Gasteiger partial charge on any atom is 0.150 e. The first-order valence-electron chi connectivity index (χ1n) is 13.0. The molecule has 3 aliphatic rings. The third kappa shape index (κ3) is 4.11. The molecule has 3 heterocycles. The van der Waals surface area contributed by atoms with Crippen LogP contribution in [0.3, 0.4) is 0 Å². The maximum absolute atomic E-state index is 10.2. The number of nitrogens with zero attached hydrogens (tertiary/aromatic N) is 1. The van der Waals surface area contributed by atoms with Crippen molar-refractivity contribution in [3.63, 3.8) is 0 Å². The number of hydrogen-bond donors (Lipinski definition) is 2. The van der Waals surface area contributed by atoms with Crippen molar-refractivity contribution in [1.82, 2.24) is 4.90 Å². The average Bonchev–Trinajstić information content (AvgIpc) is 3.49. The van der Waals surface area contributed by atoms with Crippen molar-refractivity contribution in [2.75, 3.05) is 6.61 Å². The van der Waals surface area contributed by atoms with Gasteiger partial charge in [-0.05, 0) is 98.7 Å². The molecule has 3 aliphatic heterocycles. The molecule has 5 nitrogen and oxygen atoms in total. The van der Waals surface area contributed by atoms with Crippen LogP contribution in [0, 0.1) is 0 Å². The van der Waals surface area contributed by atoms with Crippen LogP contribution in [0.25, 0.3) is 11.1 Å². The van der Waals surface area contributed by atoms with Gasteiger partial charge in [-0.1, -0.05) is 24.3 Å². The molecule has 2 bridgehead atoms. The fourth-order valence-corrected chi connectivity index (χ4v) is 6.43. The predicted molar refractivity (Wildman–Crippen MR) is 141 cm³/mol.